The highest BCUT2D eigenvalue weighted by molar-refractivity contribution is 7.80. The van der Waals surface area contributed by atoms with E-state index in [0.717, 1.165) is 36.0 Å². The molecule has 0 bridgehead atoms. The number of nitrogens with zero attached hydrogens (tertiary/aromatic N) is 2. The standard InChI is InChI=1S/C21H33N3S/c1-16-9-10-20(17(2)15-16)22-21(25)24-13-11-19(12-14-24)23(3)18-7-5-4-6-8-18/h9-10,15,18-19H,4-8,11-14H2,1-3H3,(H,22,25). The molecule has 1 aromatic rings. The van der Waals surface area contributed by atoms with E-state index in [4.69, 9.17) is 12.2 Å². The molecule has 1 aliphatic carbocycles. The fourth-order valence-corrected chi connectivity index (χ4v) is 4.70. The molecule has 4 heteroatoms. The molecule has 1 N–H and O–H groups in total. The lowest BCUT2D eigenvalue weighted by Gasteiger charge is -2.42. The van der Waals surface area contributed by atoms with Crippen molar-refractivity contribution < 1.29 is 0 Å². The van der Waals surface area contributed by atoms with Crippen molar-refractivity contribution >= 4 is 23.0 Å². The van der Waals surface area contributed by atoms with E-state index in [1.165, 1.54) is 56.1 Å². The Labute approximate surface area is 158 Å². The van der Waals surface area contributed by atoms with Crippen LogP contribution in [0.15, 0.2) is 18.2 Å². The van der Waals surface area contributed by atoms with E-state index in [2.05, 4.69) is 54.2 Å². The van der Waals surface area contributed by atoms with Crippen LogP contribution in [0.3, 0.4) is 0 Å². The average Bonchev–Trinajstić information content (AvgIpc) is 2.64. The van der Waals surface area contributed by atoms with Gasteiger partial charge < -0.3 is 15.1 Å². The van der Waals surface area contributed by atoms with Crippen molar-refractivity contribution in [3.05, 3.63) is 29.3 Å². The molecule has 2 fully saturated rings. The molecule has 138 valence electrons. The average molecular weight is 360 g/mol. The molecule has 3 rings (SSSR count). The quantitative estimate of drug-likeness (QED) is 0.786. The molecule has 0 radical (unpaired) electrons. The minimum Gasteiger partial charge on any atom is -0.349 e. The number of nitrogens with one attached hydrogen (secondary N) is 1. The third-order valence-corrected chi connectivity index (χ3v) is 6.46. The maximum Gasteiger partial charge on any atom is 0.173 e. The summed E-state index contributed by atoms with van der Waals surface area (Å²) in [6.07, 6.45) is 9.49. The minimum absolute atomic E-state index is 0.725. The van der Waals surface area contributed by atoms with Crippen LogP contribution in [0.4, 0.5) is 5.69 Å². The first-order chi connectivity index (χ1) is 12.0. The Morgan fingerprint density at radius 1 is 1.04 bits per heavy atom. The molecule has 3 nitrogen and oxygen atoms in total. The van der Waals surface area contributed by atoms with Crippen LogP contribution in [0.1, 0.15) is 56.1 Å². The second-order valence-electron chi connectivity index (χ2n) is 7.92. The molecule has 0 atom stereocenters. The van der Waals surface area contributed by atoms with Gasteiger partial charge in [-0.1, -0.05) is 37.0 Å². The zero-order valence-corrected chi connectivity index (χ0v) is 16.9. The monoisotopic (exact) mass is 359 g/mol. The summed E-state index contributed by atoms with van der Waals surface area (Å²) in [6.45, 7) is 6.41. The van der Waals surface area contributed by atoms with Crippen molar-refractivity contribution in [2.24, 2.45) is 0 Å². The van der Waals surface area contributed by atoms with Gasteiger partial charge in [-0.3, -0.25) is 0 Å². The van der Waals surface area contributed by atoms with E-state index < -0.39 is 0 Å². The Bertz CT molecular complexity index is 587. The summed E-state index contributed by atoms with van der Waals surface area (Å²) in [7, 11) is 2.35. The Morgan fingerprint density at radius 2 is 1.68 bits per heavy atom. The summed E-state index contributed by atoms with van der Waals surface area (Å²) < 4.78 is 0. The molecule has 0 amide bonds. The lowest BCUT2D eigenvalue weighted by molar-refractivity contribution is 0.0985. The number of aryl methyl sites for hydroxylation is 2. The summed E-state index contributed by atoms with van der Waals surface area (Å²) in [5, 5.41) is 4.34. The molecule has 0 spiro atoms. The van der Waals surface area contributed by atoms with Crippen LogP contribution >= 0.6 is 12.2 Å². The largest absolute Gasteiger partial charge is 0.349 e. The molecular weight excluding hydrogens is 326 g/mol. The SMILES string of the molecule is Cc1ccc(NC(=S)N2CCC(N(C)C3CCCCC3)CC2)c(C)c1. The van der Waals surface area contributed by atoms with E-state index in [1.54, 1.807) is 0 Å². The molecule has 1 heterocycles. The van der Waals surface area contributed by atoms with Crippen LogP contribution in [-0.2, 0) is 0 Å². The topological polar surface area (TPSA) is 18.5 Å². The number of piperidine rings is 1. The second kappa shape index (κ2) is 8.50. The van der Waals surface area contributed by atoms with Gasteiger partial charge in [-0.15, -0.1) is 0 Å². The zero-order valence-electron chi connectivity index (χ0n) is 16.1. The molecule has 1 aliphatic heterocycles. The van der Waals surface area contributed by atoms with Crippen molar-refractivity contribution in [1.29, 1.82) is 0 Å². The van der Waals surface area contributed by atoms with E-state index in [0.29, 0.717) is 0 Å². The van der Waals surface area contributed by atoms with Crippen LogP contribution in [-0.4, -0.2) is 47.1 Å². The van der Waals surface area contributed by atoms with Crippen LogP contribution in [0, 0.1) is 13.8 Å². The van der Waals surface area contributed by atoms with Gasteiger partial charge in [0.25, 0.3) is 0 Å². The fourth-order valence-electron chi connectivity index (χ4n) is 4.41. The molecule has 1 saturated carbocycles. The van der Waals surface area contributed by atoms with Crippen LogP contribution in [0.25, 0.3) is 0 Å². The van der Waals surface area contributed by atoms with Crippen LogP contribution in [0.5, 0.6) is 0 Å². The van der Waals surface area contributed by atoms with E-state index in [9.17, 15) is 0 Å². The van der Waals surface area contributed by atoms with Gasteiger partial charge in [-0.2, -0.15) is 0 Å². The summed E-state index contributed by atoms with van der Waals surface area (Å²) in [4.78, 5) is 5.02. The summed E-state index contributed by atoms with van der Waals surface area (Å²) in [6, 6.07) is 8.02. The summed E-state index contributed by atoms with van der Waals surface area (Å²) in [5.41, 5.74) is 3.69. The van der Waals surface area contributed by atoms with Crippen molar-refractivity contribution in [1.82, 2.24) is 9.80 Å². The van der Waals surface area contributed by atoms with E-state index in [-0.39, 0.29) is 0 Å². The minimum atomic E-state index is 0.725. The number of anilines is 1. The number of benzene rings is 1. The Kier molecular flexibility index (Phi) is 6.34. The first-order valence-corrected chi connectivity index (χ1v) is 10.3. The number of likely N-dealkylation sites (tertiary alicyclic amines) is 1. The number of thiocarbonyl (C=S) groups is 1. The molecule has 0 aromatic heterocycles. The Hall–Kier alpha value is -1.13. The van der Waals surface area contributed by atoms with Gasteiger partial charge in [0.1, 0.15) is 0 Å². The third kappa shape index (κ3) is 4.73. The van der Waals surface area contributed by atoms with Crippen molar-refractivity contribution in [3.63, 3.8) is 0 Å². The normalized spacial score (nSPS) is 20.1. The molecule has 1 aromatic carbocycles. The maximum atomic E-state index is 5.68. The highest BCUT2D eigenvalue weighted by Crippen LogP contribution is 2.26. The Morgan fingerprint density at radius 3 is 2.32 bits per heavy atom. The van der Waals surface area contributed by atoms with Gasteiger partial charge in [0.15, 0.2) is 5.11 Å². The van der Waals surface area contributed by atoms with Crippen molar-refractivity contribution in [2.45, 2.75) is 70.9 Å². The summed E-state index contributed by atoms with van der Waals surface area (Å²) in [5.74, 6) is 0. The van der Waals surface area contributed by atoms with Crippen molar-refractivity contribution in [2.75, 3.05) is 25.5 Å². The molecule has 2 aliphatic rings. The van der Waals surface area contributed by atoms with Gasteiger partial charge in [-0.25, -0.2) is 0 Å². The highest BCUT2D eigenvalue weighted by atomic mass is 32.1. The van der Waals surface area contributed by atoms with Gasteiger partial charge in [0.05, 0.1) is 0 Å². The Balaban J connectivity index is 1.50. The van der Waals surface area contributed by atoms with Crippen LogP contribution < -0.4 is 5.32 Å². The molecular formula is C21H33N3S. The van der Waals surface area contributed by atoms with Crippen LogP contribution in [0.2, 0.25) is 0 Å². The first kappa shape index (κ1) is 18.7. The van der Waals surface area contributed by atoms with Gasteiger partial charge in [0, 0.05) is 30.9 Å². The first-order valence-electron chi connectivity index (χ1n) is 9.89. The van der Waals surface area contributed by atoms with E-state index in [1.807, 2.05) is 0 Å². The lowest BCUT2D eigenvalue weighted by Crippen LogP contribution is -2.49. The second-order valence-corrected chi connectivity index (χ2v) is 8.31. The van der Waals surface area contributed by atoms with Gasteiger partial charge >= 0.3 is 0 Å². The van der Waals surface area contributed by atoms with E-state index >= 15 is 0 Å². The summed E-state index contributed by atoms with van der Waals surface area (Å²) >= 11 is 5.68. The number of hydrogen-bond acceptors (Lipinski definition) is 2. The fraction of sp³-hybridized carbons (Fsp3) is 0.667. The maximum absolute atomic E-state index is 5.68. The van der Waals surface area contributed by atoms with Gasteiger partial charge in [-0.05, 0) is 70.4 Å². The van der Waals surface area contributed by atoms with Crippen molar-refractivity contribution in [3.8, 4) is 0 Å². The molecule has 1 saturated heterocycles. The lowest BCUT2D eigenvalue weighted by atomic mass is 9.92. The smallest absolute Gasteiger partial charge is 0.173 e. The number of rotatable bonds is 3. The van der Waals surface area contributed by atoms with Gasteiger partial charge in [0.2, 0.25) is 0 Å². The third-order valence-electron chi connectivity index (χ3n) is 6.10. The predicted octanol–water partition coefficient (Wildman–Crippen LogP) is 4.73. The highest BCUT2D eigenvalue weighted by Gasteiger charge is 2.28. The zero-order chi connectivity index (χ0) is 17.8. The predicted molar refractivity (Wildman–Crippen MR) is 111 cm³/mol. The molecule has 25 heavy (non-hydrogen) atoms. The number of hydrogen-bond donors (Lipinski definition) is 1. The molecule has 0 unspecified atom stereocenters.